The van der Waals surface area contributed by atoms with E-state index in [2.05, 4.69) is 59.8 Å². The van der Waals surface area contributed by atoms with Crippen molar-refractivity contribution in [3.8, 4) is 0 Å². The van der Waals surface area contributed by atoms with Crippen molar-refractivity contribution in [2.75, 3.05) is 36.6 Å². The third-order valence-corrected chi connectivity index (χ3v) is 12.9. The summed E-state index contributed by atoms with van der Waals surface area (Å²) in [5, 5.41) is 2.79. The van der Waals surface area contributed by atoms with Crippen molar-refractivity contribution in [2.45, 2.75) is 21.9 Å². The van der Waals surface area contributed by atoms with Crippen LogP contribution < -0.4 is 14.8 Å². The molecule has 57 heavy (non-hydrogen) atoms. The van der Waals surface area contributed by atoms with Crippen LogP contribution in [0.2, 0.25) is 5.02 Å². The fourth-order valence-corrected chi connectivity index (χ4v) is 8.89. The first-order valence-corrected chi connectivity index (χ1v) is 22.0. The first-order chi connectivity index (χ1) is 27.0. The van der Waals surface area contributed by atoms with Crippen LogP contribution in [0.3, 0.4) is 0 Å². The smallest absolute Gasteiger partial charge is 0.263 e. The highest BCUT2D eigenvalue weighted by molar-refractivity contribution is 9.10. The van der Waals surface area contributed by atoms with Crippen LogP contribution in [0.25, 0.3) is 0 Å². The number of rotatable bonds is 17. The van der Waals surface area contributed by atoms with Gasteiger partial charge in [0.15, 0.2) is 0 Å². The van der Waals surface area contributed by atoms with Gasteiger partial charge in [0.25, 0.3) is 31.9 Å². The topological polar surface area (TPSA) is 158 Å². The van der Waals surface area contributed by atoms with Gasteiger partial charge in [-0.3, -0.25) is 23.9 Å². The Hall–Kier alpha value is -4.71. The monoisotopic (exact) mass is 957 g/mol. The Bertz CT molecular complexity index is 2500. The van der Waals surface area contributed by atoms with Gasteiger partial charge in [-0.25, -0.2) is 16.8 Å². The molecule has 2 atom stereocenters. The number of hydrogen-bond donors (Lipinski definition) is 3. The van der Waals surface area contributed by atoms with Crippen molar-refractivity contribution in [1.29, 1.82) is 0 Å². The van der Waals surface area contributed by atoms with Crippen molar-refractivity contribution in [2.24, 2.45) is 0 Å². The van der Waals surface area contributed by atoms with Crippen molar-refractivity contribution in [3.05, 3.63) is 165 Å². The standard InChI is InChI=1S/C40H38Br2ClN5O7S2/c1-5-22-48(40(50)27-10-19-33(43)38(24-27)57(53,54)46-31-17-13-29(42)14-18-31)34(6-2)36-20-21-37(55-36)35(47(3)4)25-44-39(49)26-8-7-9-32(23-26)56(51,52)45-30-15-11-28(41)12-16-30/h5-21,23-24,34-35,45-46H,1-2,22,25H2,3-4H3,(H,44,49). The maximum absolute atomic E-state index is 14.1. The van der Waals surface area contributed by atoms with Gasteiger partial charge in [-0.15, -0.1) is 13.2 Å². The zero-order chi connectivity index (χ0) is 41.5. The van der Waals surface area contributed by atoms with E-state index in [1.54, 1.807) is 74.8 Å². The van der Waals surface area contributed by atoms with Gasteiger partial charge < -0.3 is 14.6 Å². The van der Waals surface area contributed by atoms with E-state index in [4.69, 9.17) is 16.0 Å². The minimum Gasteiger partial charge on any atom is -0.462 e. The minimum absolute atomic E-state index is 0.0471. The van der Waals surface area contributed by atoms with Crippen LogP contribution in [0.1, 0.15) is 44.3 Å². The Kier molecular flexibility index (Phi) is 14.2. The van der Waals surface area contributed by atoms with E-state index in [0.717, 1.165) is 8.95 Å². The summed E-state index contributed by atoms with van der Waals surface area (Å²) in [7, 11) is -4.57. The average Bonchev–Trinajstić information content (AvgIpc) is 3.65. The third kappa shape index (κ3) is 10.8. The molecule has 17 heteroatoms. The van der Waals surface area contributed by atoms with Crippen LogP contribution in [0, 0.1) is 0 Å². The molecule has 0 spiro atoms. The van der Waals surface area contributed by atoms with Gasteiger partial charge in [0.1, 0.15) is 22.5 Å². The molecule has 2 unspecified atom stereocenters. The predicted molar refractivity (Wildman–Crippen MR) is 229 cm³/mol. The van der Waals surface area contributed by atoms with Crippen LogP contribution in [0.15, 0.2) is 152 Å². The molecule has 5 aromatic rings. The summed E-state index contributed by atoms with van der Waals surface area (Å²) in [4.78, 5) is 30.3. The van der Waals surface area contributed by atoms with Gasteiger partial charge in [0.05, 0.1) is 16.0 Å². The van der Waals surface area contributed by atoms with E-state index < -0.39 is 43.9 Å². The predicted octanol–water partition coefficient (Wildman–Crippen LogP) is 8.65. The van der Waals surface area contributed by atoms with E-state index in [-0.39, 0.29) is 39.0 Å². The number of sulfonamides is 2. The summed E-state index contributed by atoms with van der Waals surface area (Å²) in [6.45, 7) is 7.87. The number of halogens is 3. The highest BCUT2D eigenvalue weighted by Crippen LogP contribution is 2.32. The number of furan rings is 1. The quantitative estimate of drug-likeness (QED) is 0.0782. The van der Waals surface area contributed by atoms with Gasteiger partial charge >= 0.3 is 0 Å². The first kappa shape index (κ1) is 43.4. The number of amides is 2. The molecule has 1 aromatic heterocycles. The van der Waals surface area contributed by atoms with Crippen LogP contribution in [0.4, 0.5) is 11.4 Å². The number of anilines is 2. The number of hydrogen-bond acceptors (Lipinski definition) is 8. The molecule has 0 saturated carbocycles. The largest absolute Gasteiger partial charge is 0.462 e. The van der Waals surface area contributed by atoms with Gasteiger partial charge in [-0.05, 0) is 111 Å². The molecule has 0 bridgehead atoms. The Morgan fingerprint density at radius 3 is 1.96 bits per heavy atom. The SMILES string of the molecule is C=CCN(C(=O)c1ccc(Cl)c(S(=O)(=O)Nc2ccc(Br)cc2)c1)C(C=C)c1ccc(C(CNC(=O)c2cccc(S(=O)(=O)Nc3ccc(Br)cc3)c2)N(C)C)o1. The summed E-state index contributed by atoms with van der Waals surface area (Å²) in [5.41, 5.74) is 0.858. The summed E-state index contributed by atoms with van der Waals surface area (Å²) in [6, 6.07) is 25.0. The lowest BCUT2D eigenvalue weighted by Crippen LogP contribution is -2.35. The number of likely N-dealkylation sites (N-methyl/N-ethyl adjacent to an activating group) is 1. The minimum atomic E-state index is -4.19. The Balaban J connectivity index is 1.32. The molecular formula is C40H38Br2ClN5O7S2. The third-order valence-electron chi connectivity index (χ3n) is 8.56. The highest BCUT2D eigenvalue weighted by atomic mass is 79.9. The maximum atomic E-state index is 14.1. The molecule has 0 saturated heterocycles. The molecule has 4 aromatic carbocycles. The van der Waals surface area contributed by atoms with Gasteiger partial charge in [-0.1, -0.05) is 61.7 Å². The number of benzene rings is 4. The fourth-order valence-electron chi connectivity index (χ4n) is 5.67. The van der Waals surface area contributed by atoms with Crippen molar-refractivity contribution in [3.63, 3.8) is 0 Å². The normalized spacial score (nSPS) is 12.7. The second-order valence-electron chi connectivity index (χ2n) is 12.8. The fraction of sp³-hybridized carbons (Fsp3) is 0.150. The summed E-state index contributed by atoms with van der Waals surface area (Å²) in [5.74, 6) is -0.231. The summed E-state index contributed by atoms with van der Waals surface area (Å²) < 4.78 is 65.8. The van der Waals surface area contributed by atoms with E-state index in [0.29, 0.717) is 22.9 Å². The number of nitrogens with zero attached hydrogens (tertiary/aromatic N) is 2. The van der Waals surface area contributed by atoms with Crippen molar-refractivity contribution in [1.82, 2.24) is 15.1 Å². The molecule has 0 aliphatic carbocycles. The molecule has 0 aliphatic rings. The van der Waals surface area contributed by atoms with E-state index in [1.165, 1.54) is 59.5 Å². The average molecular weight is 960 g/mol. The van der Waals surface area contributed by atoms with Crippen molar-refractivity contribution >= 4 is 86.7 Å². The molecule has 2 amide bonds. The first-order valence-electron chi connectivity index (χ1n) is 17.1. The van der Waals surface area contributed by atoms with E-state index >= 15 is 0 Å². The number of nitrogens with one attached hydrogen (secondary N) is 3. The molecule has 12 nitrogen and oxygen atoms in total. The molecular weight excluding hydrogens is 922 g/mol. The zero-order valence-corrected chi connectivity index (χ0v) is 36.2. The van der Waals surface area contributed by atoms with Crippen LogP contribution >= 0.6 is 43.5 Å². The second kappa shape index (κ2) is 18.7. The van der Waals surface area contributed by atoms with Gasteiger partial charge in [0, 0.05) is 44.5 Å². The van der Waals surface area contributed by atoms with Gasteiger partial charge in [0.2, 0.25) is 0 Å². The van der Waals surface area contributed by atoms with E-state index in [9.17, 15) is 26.4 Å². The van der Waals surface area contributed by atoms with Gasteiger partial charge in [-0.2, -0.15) is 0 Å². The molecule has 5 rings (SSSR count). The maximum Gasteiger partial charge on any atom is 0.263 e. The van der Waals surface area contributed by atoms with Crippen LogP contribution in [0.5, 0.6) is 0 Å². The van der Waals surface area contributed by atoms with E-state index in [1.807, 2.05) is 4.90 Å². The number of carbonyl (C=O) groups excluding carboxylic acids is 2. The Labute approximate surface area is 354 Å². The lowest BCUT2D eigenvalue weighted by atomic mass is 10.1. The molecule has 3 N–H and O–H groups in total. The second-order valence-corrected chi connectivity index (χ2v) is 18.3. The molecule has 0 aliphatic heterocycles. The molecule has 0 fully saturated rings. The highest BCUT2D eigenvalue weighted by Gasteiger charge is 2.29. The Morgan fingerprint density at radius 2 is 1.39 bits per heavy atom. The lowest BCUT2D eigenvalue weighted by Gasteiger charge is -2.28. The summed E-state index contributed by atoms with van der Waals surface area (Å²) >= 11 is 13.0. The van der Waals surface area contributed by atoms with Crippen LogP contribution in [-0.4, -0.2) is 65.6 Å². The zero-order valence-electron chi connectivity index (χ0n) is 30.7. The summed E-state index contributed by atoms with van der Waals surface area (Å²) in [6.07, 6.45) is 3.04. The molecule has 298 valence electrons. The lowest BCUT2D eigenvalue weighted by molar-refractivity contribution is 0.0715. The number of carbonyl (C=O) groups is 2. The molecule has 1 heterocycles. The van der Waals surface area contributed by atoms with Crippen LogP contribution in [-0.2, 0) is 20.0 Å². The molecule has 0 radical (unpaired) electrons. The van der Waals surface area contributed by atoms with Crippen molar-refractivity contribution < 1.29 is 30.8 Å². The Morgan fingerprint density at radius 1 is 0.789 bits per heavy atom.